The highest BCUT2D eigenvalue weighted by molar-refractivity contribution is 5.95. The first-order chi connectivity index (χ1) is 7.61. The molecule has 0 bridgehead atoms. The van der Waals surface area contributed by atoms with Gasteiger partial charge in [0.25, 0.3) is 5.91 Å². The van der Waals surface area contributed by atoms with Crippen LogP contribution in [0.3, 0.4) is 0 Å². The van der Waals surface area contributed by atoms with Crippen molar-refractivity contribution < 1.29 is 4.79 Å². The number of carbonyl (C=O) groups excluding carboxylic acids is 1. The van der Waals surface area contributed by atoms with E-state index >= 15 is 0 Å². The van der Waals surface area contributed by atoms with Crippen LogP contribution in [0.5, 0.6) is 0 Å². The highest BCUT2D eigenvalue weighted by atomic mass is 16.1. The quantitative estimate of drug-likeness (QED) is 0.846. The average molecular weight is 218 g/mol. The summed E-state index contributed by atoms with van der Waals surface area (Å²) in [5.74, 6) is 0.0213. The molecule has 1 aliphatic carbocycles. The minimum absolute atomic E-state index is 0.0213. The third kappa shape index (κ3) is 2.23. The molecule has 0 aromatic carbocycles. The van der Waals surface area contributed by atoms with Gasteiger partial charge in [-0.1, -0.05) is 13.3 Å². The van der Waals surface area contributed by atoms with Crippen LogP contribution < -0.4 is 5.32 Å². The maximum absolute atomic E-state index is 11.9. The molecule has 1 aromatic rings. The summed E-state index contributed by atoms with van der Waals surface area (Å²) in [6.45, 7) is 4.93. The second-order valence-electron chi connectivity index (χ2n) is 5.04. The van der Waals surface area contributed by atoms with Gasteiger partial charge in [0.1, 0.15) is 0 Å². The normalized spacial score (nSPS) is 17.6. The van der Waals surface area contributed by atoms with E-state index in [0.29, 0.717) is 5.41 Å². The zero-order chi connectivity index (χ0) is 11.6. The largest absolute Gasteiger partial charge is 0.351 e. The van der Waals surface area contributed by atoms with Crippen molar-refractivity contribution in [1.29, 1.82) is 0 Å². The second-order valence-corrected chi connectivity index (χ2v) is 5.04. The van der Waals surface area contributed by atoms with E-state index in [9.17, 15) is 4.79 Å². The van der Waals surface area contributed by atoms with E-state index in [1.165, 1.54) is 19.3 Å². The van der Waals surface area contributed by atoms with Gasteiger partial charge in [0.2, 0.25) is 0 Å². The fourth-order valence-corrected chi connectivity index (χ4v) is 2.07. The molecule has 0 radical (unpaired) electrons. The Morgan fingerprint density at radius 3 is 2.88 bits per heavy atom. The van der Waals surface area contributed by atoms with Gasteiger partial charge >= 0.3 is 0 Å². The van der Waals surface area contributed by atoms with E-state index in [4.69, 9.17) is 0 Å². The van der Waals surface area contributed by atoms with Crippen LogP contribution in [0.2, 0.25) is 0 Å². The van der Waals surface area contributed by atoms with Crippen molar-refractivity contribution in [3.05, 3.63) is 29.6 Å². The molecule has 3 heteroatoms. The van der Waals surface area contributed by atoms with Crippen LogP contribution in [0, 0.1) is 12.3 Å². The van der Waals surface area contributed by atoms with Crippen LogP contribution in [-0.4, -0.2) is 17.4 Å². The third-order valence-electron chi connectivity index (χ3n) is 3.50. The predicted molar refractivity (Wildman–Crippen MR) is 63.3 cm³/mol. The highest BCUT2D eigenvalue weighted by Gasteiger charge is 2.31. The van der Waals surface area contributed by atoms with Gasteiger partial charge in [0.15, 0.2) is 0 Å². The number of amides is 1. The number of rotatable bonds is 3. The summed E-state index contributed by atoms with van der Waals surface area (Å²) in [4.78, 5) is 15.9. The van der Waals surface area contributed by atoms with Gasteiger partial charge in [-0.15, -0.1) is 0 Å². The van der Waals surface area contributed by atoms with Crippen molar-refractivity contribution in [2.24, 2.45) is 5.41 Å². The summed E-state index contributed by atoms with van der Waals surface area (Å²) in [5, 5.41) is 3.02. The second kappa shape index (κ2) is 4.24. The molecule has 1 saturated carbocycles. The van der Waals surface area contributed by atoms with Crippen LogP contribution in [0.1, 0.15) is 42.1 Å². The molecule has 1 N–H and O–H groups in total. The van der Waals surface area contributed by atoms with Crippen molar-refractivity contribution in [3.8, 4) is 0 Å². The Balaban J connectivity index is 1.96. The topological polar surface area (TPSA) is 42.0 Å². The molecule has 1 heterocycles. The first-order valence-electron chi connectivity index (χ1n) is 5.80. The Hall–Kier alpha value is -1.38. The predicted octanol–water partition coefficient (Wildman–Crippen LogP) is 2.31. The van der Waals surface area contributed by atoms with E-state index < -0.39 is 0 Å². The van der Waals surface area contributed by atoms with Crippen LogP contribution in [0.4, 0.5) is 0 Å². The van der Waals surface area contributed by atoms with E-state index in [2.05, 4.69) is 17.2 Å². The lowest BCUT2D eigenvalue weighted by atomic mass is 9.70. The molecule has 0 unspecified atom stereocenters. The monoisotopic (exact) mass is 218 g/mol. The number of hydrogen-bond donors (Lipinski definition) is 1. The standard InChI is InChI=1S/C13H18N2O/c1-10-8-14-7-4-11(10)12(16)15-9-13(2)5-3-6-13/h4,7-8H,3,5-6,9H2,1-2H3,(H,15,16). The molecule has 0 atom stereocenters. The summed E-state index contributed by atoms with van der Waals surface area (Å²) in [6.07, 6.45) is 7.12. The van der Waals surface area contributed by atoms with E-state index in [-0.39, 0.29) is 5.91 Å². The van der Waals surface area contributed by atoms with E-state index in [1.54, 1.807) is 18.5 Å². The molecular formula is C13H18N2O. The molecule has 2 rings (SSSR count). The lowest BCUT2D eigenvalue weighted by Crippen LogP contribution is -2.40. The minimum atomic E-state index is 0.0213. The lowest BCUT2D eigenvalue weighted by molar-refractivity contribution is 0.0890. The number of aromatic nitrogens is 1. The number of aryl methyl sites for hydroxylation is 1. The molecule has 0 aliphatic heterocycles. The summed E-state index contributed by atoms with van der Waals surface area (Å²) in [7, 11) is 0. The molecule has 1 aliphatic rings. The SMILES string of the molecule is Cc1cnccc1C(=O)NCC1(C)CCC1. The fraction of sp³-hybridized carbons (Fsp3) is 0.538. The smallest absolute Gasteiger partial charge is 0.251 e. The maximum atomic E-state index is 11.9. The molecule has 1 fully saturated rings. The molecule has 3 nitrogen and oxygen atoms in total. The first-order valence-corrected chi connectivity index (χ1v) is 5.80. The number of nitrogens with one attached hydrogen (secondary N) is 1. The van der Waals surface area contributed by atoms with Crippen molar-refractivity contribution in [2.45, 2.75) is 33.1 Å². The Morgan fingerprint density at radius 2 is 2.31 bits per heavy atom. The van der Waals surface area contributed by atoms with Crippen molar-refractivity contribution in [3.63, 3.8) is 0 Å². The zero-order valence-corrected chi connectivity index (χ0v) is 9.92. The van der Waals surface area contributed by atoms with Gasteiger partial charge in [-0.05, 0) is 36.8 Å². The number of pyridine rings is 1. The summed E-state index contributed by atoms with van der Waals surface area (Å²) in [5.41, 5.74) is 1.99. The van der Waals surface area contributed by atoms with E-state index in [0.717, 1.165) is 17.7 Å². The number of carbonyl (C=O) groups is 1. The van der Waals surface area contributed by atoms with Crippen LogP contribution in [0.25, 0.3) is 0 Å². The van der Waals surface area contributed by atoms with Gasteiger partial charge in [0.05, 0.1) is 0 Å². The Morgan fingerprint density at radius 1 is 1.56 bits per heavy atom. The fourth-order valence-electron chi connectivity index (χ4n) is 2.07. The number of hydrogen-bond acceptors (Lipinski definition) is 2. The third-order valence-corrected chi connectivity index (χ3v) is 3.50. The first kappa shape index (κ1) is 11.1. The zero-order valence-electron chi connectivity index (χ0n) is 9.92. The molecule has 16 heavy (non-hydrogen) atoms. The Bertz CT molecular complexity index is 397. The molecular weight excluding hydrogens is 200 g/mol. The lowest BCUT2D eigenvalue weighted by Gasteiger charge is -2.38. The molecule has 0 saturated heterocycles. The van der Waals surface area contributed by atoms with Crippen LogP contribution >= 0.6 is 0 Å². The molecule has 86 valence electrons. The minimum Gasteiger partial charge on any atom is -0.351 e. The van der Waals surface area contributed by atoms with Gasteiger partial charge in [-0.2, -0.15) is 0 Å². The van der Waals surface area contributed by atoms with Gasteiger partial charge in [0, 0.05) is 24.5 Å². The Labute approximate surface area is 96.3 Å². The van der Waals surface area contributed by atoms with Crippen LogP contribution in [-0.2, 0) is 0 Å². The van der Waals surface area contributed by atoms with Crippen molar-refractivity contribution >= 4 is 5.91 Å². The summed E-state index contributed by atoms with van der Waals surface area (Å²) >= 11 is 0. The summed E-state index contributed by atoms with van der Waals surface area (Å²) < 4.78 is 0. The number of nitrogens with zero attached hydrogens (tertiary/aromatic N) is 1. The van der Waals surface area contributed by atoms with Crippen LogP contribution in [0.15, 0.2) is 18.5 Å². The maximum Gasteiger partial charge on any atom is 0.251 e. The van der Waals surface area contributed by atoms with Gasteiger partial charge in [-0.3, -0.25) is 9.78 Å². The van der Waals surface area contributed by atoms with Crippen molar-refractivity contribution in [1.82, 2.24) is 10.3 Å². The van der Waals surface area contributed by atoms with E-state index in [1.807, 2.05) is 6.92 Å². The average Bonchev–Trinajstić information content (AvgIpc) is 2.24. The van der Waals surface area contributed by atoms with Gasteiger partial charge < -0.3 is 5.32 Å². The van der Waals surface area contributed by atoms with Gasteiger partial charge in [-0.25, -0.2) is 0 Å². The summed E-state index contributed by atoms with van der Waals surface area (Å²) in [6, 6.07) is 1.77. The molecule has 0 spiro atoms. The highest BCUT2D eigenvalue weighted by Crippen LogP contribution is 2.39. The van der Waals surface area contributed by atoms with Crippen molar-refractivity contribution in [2.75, 3.05) is 6.54 Å². The Kier molecular flexibility index (Phi) is 2.95. The molecule has 1 amide bonds. The molecule has 1 aromatic heterocycles.